The summed E-state index contributed by atoms with van der Waals surface area (Å²) in [5.74, 6) is 0.136. The molecule has 0 spiro atoms. The first-order valence-corrected chi connectivity index (χ1v) is 5.65. The van der Waals surface area contributed by atoms with Gasteiger partial charge in [0.1, 0.15) is 4.60 Å². The van der Waals surface area contributed by atoms with Crippen molar-refractivity contribution in [2.75, 3.05) is 0 Å². The second-order valence-corrected chi connectivity index (χ2v) is 4.39. The Labute approximate surface area is 101 Å². The van der Waals surface area contributed by atoms with E-state index >= 15 is 0 Å². The standard InChI is InChI=1S/C7H4BrClF2IN/c8-5-1-3(7(10)11)6(12)4(2-9)13-5/h1,7H,2H2. The van der Waals surface area contributed by atoms with E-state index in [0.717, 1.165) is 0 Å². The highest BCUT2D eigenvalue weighted by atomic mass is 127. The van der Waals surface area contributed by atoms with Crippen molar-refractivity contribution in [3.8, 4) is 0 Å². The van der Waals surface area contributed by atoms with Crippen LogP contribution in [-0.2, 0) is 5.88 Å². The van der Waals surface area contributed by atoms with Gasteiger partial charge in [-0.2, -0.15) is 0 Å². The Morgan fingerprint density at radius 3 is 2.69 bits per heavy atom. The fourth-order valence-electron chi connectivity index (χ4n) is 0.816. The van der Waals surface area contributed by atoms with Crippen LogP contribution in [0.5, 0.6) is 0 Å². The van der Waals surface area contributed by atoms with Gasteiger partial charge in [-0.05, 0) is 44.6 Å². The third kappa shape index (κ3) is 2.73. The van der Waals surface area contributed by atoms with Gasteiger partial charge < -0.3 is 0 Å². The van der Waals surface area contributed by atoms with Gasteiger partial charge in [-0.3, -0.25) is 0 Å². The Kier molecular flexibility index (Phi) is 4.31. The maximum atomic E-state index is 12.4. The van der Waals surface area contributed by atoms with Crippen LogP contribution in [0.3, 0.4) is 0 Å². The summed E-state index contributed by atoms with van der Waals surface area (Å²) >= 11 is 10.4. The van der Waals surface area contributed by atoms with Crippen LogP contribution in [-0.4, -0.2) is 4.98 Å². The number of hydrogen-bond acceptors (Lipinski definition) is 1. The molecule has 0 fully saturated rings. The predicted molar refractivity (Wildman–Crippen MR) is 59.2 cm³/mol. The van der Waals surface area contributed by atoms with Gasteiger partial charge in [-0.25, -0.2) is 13.8 Å². The van der Waals surface area contributed by atoms with E-state index in [1.807, 2.05) is 22.6 Å². The quantitative estimate of drug-likeness (QED) is 0.426. The van der Waals surface area contributed by atoms with E-state index in [9.17, 15) is 8.78 Å². The molecule has 0 atom stereocenters. The maximum absolute atomic E-state index is 12.4. The van der Waals surface area contributed by atoms with Gasteiger partial charge in [-0.15, -0.1) is 11.6 Å². The molecule has 1 nitrogen and oxygen atoms in total. The molecule has 0 aliphatic carbocycles. The van der Waals surface area contributed by atoms with Gasteiger partial charge >= 0.3 is 0 Å². The predicted octanol–water partition coefficient (Wildman–Crippen LogP) is 4.13. The van der Waals surface area contributed by atoms with Gasteiger partial charge in [0.15, 0.2) is 0 Å². The van der Waals surface area contributed by atoms with Crippen molar-refractivity contribution >= 4 is 50.1 Å². The summed E-state index contributed by atoms with van der Waals surface area (Å²) in [4.78, 5) is 3.98. The highest BCUT2D eigenvalue weighted by Gasteiger charge is 2.16. The maximum Gasteiger partial charge on any atom is 0.265 e. The lowest BCUT2D eigenvalue weighted by atomic mass is 10.2. The molecule has 6 heteroatoms. The lowest BCUT2D eigenvalue weighted by Crippen LogP contribution is -1.98. The average molecular weight is 382 g/mol. The first-order chi connectivity index (χ1) is 6.06. The van der Waals surface area contributed by atoms with Crippen molar-refractivity contribution in [3.63, 3.8) is 0 Å². The van der Waals surface area contributed by atoms with E-state index in [4.69, 9.17) is 11.6 Å². The van der Waals surface area contributed by atoms with Crippen LogP contribution in [0.4, 0.5) is 8.78 Å². The lowest BCUT2D eigenvalue weighted by molar-refractivity contribution is 0.150. The highest BCUT2D eigenvalue weighted by Crippen LogP contribution is 2.29. The monoisotopic (exact) mass is 381 g/mol. The molecular formula is C7H4BrClF2IN. The van der Waals surface area contributed by atoms with Crippen molar-refractivity contribution in [2.45, 2.75) is 12.3 Å². The molecule has 0 bridgehead atoms. The van der Waals surface area contributed by atoms with Gasteiger partial charge in [-0.1, -0.05) is 0 Å². The van der Waals surface area contributed by atoms with Crippen molar-refractivity contribution in [1.82, 2.24) is 4.98 Å². The Hall–Kier alpha value is 0.510. The van der Waals surface area contributed by atoms with Gasteiger partial charge in [0, 0.05) is 9.13 Å². The molecule has 0 aromatic carbocycles. The molecule has 0 saturated carbocycles. The molecule has 0 unspecified atom stereocenters. The SMILES string of the molecule is FC(F)c1cc(Br)nc(CCl)c1I. The van der Waals surface area contributed by atoms with Crippen LogP contribution in [0.15, 0.2) is 10.7 Å². The summed E-state index contributed by atoms with van der Waals surface area (Å²) in [5, 5.41) is 0. The molecule has 72 valence electrons. The van der Waals surface area contributed by atoms with Crippen LogP contribution in [0.2, 0.25) is 0 Å². The van der Waals surface area contributed by atoms with Gasteiger partial charge in [0.2, 0.25) is 0 Å². The van der Waals surface area contributed by atoms with Crippen LogP contribution in [0, 0.1) is 3.57 Å². The normalized spacial score (nSPS) is 10.9. The fraction of sp³-hybridized carbons (Fsp3) is 0.286. The van der Waals surface area contributed by atoms with E-state index in [-0.39, 0.29) is 11.4 Å². The smallest absolute Gasteiger partial charge is 0.244 e. The first kappa shape index (κ1) is 11.6. The molecule has 1 aromatic rings. The zero-order valence-corrected chi connectivity index (χ0v) is 10.7. The number of rotatable bonds is 2. The lowest BCUT2D eigenvalue weighted by Gasteiger charge is -2.07. The molecule has 0 saturated heterocycles. The third-order valence-electron chi connectivity index (χ3n) is 1.38. The highest BCUT2D eigenvalue weighted by molar-refractivity contribution is 14.1. The molecule has 1 rings (SSSR count). The number of hydrogen-bond donors (Lipinski definition) is 0. The summed E-state index contributed by atoms with van der Waals surface area (Å²) in [7, 11) is 0. The average Bonchev–Trinajstić information content (AvgIpc) is 2.08. The van der Waals surface area contributed by atoms with E-state index in [2.05, 4.69) is 20.9 Å². The van der Waals surface area contributed by atoms with E-state index < -0.39 is 6.43 Å². The molecule has 0 radical (unpaired) electrons. The van der Waals surface area contributed by atoms with E-state index in [0.29, 0.717) is 13.9 Å². The van der Waals surface area contributed by atoms with E-state index in [1.54, 1.807) is 0 Å². The summed E-state index contributed by atoms with van der Waals surface area (Å²) in [5.41, 5.74) is 0.449. The molecule has 0 aliphatic heterocycles. The Balaban J connectivity index is 3.27. The third-order valence-corrected chi connectivity index (χ3v) is 3.29. The summed E-state index contributed by atoms with van der Waals surface area (Å²) in [6, 6.07) is 1.31. The number of alkyl halides is 3. The number of nitrogens with zero attached hydrogens (tertiary/aromatic N) is 1. The number of aromatic nitrogens is 1. The van der Waals surface area contributed by atoms with Crippen LogP contribution in [0.25, 0.3) is 0 Å². The van der Waals surface area contributed by atoms with Crippen LogP contribution >= 0.6 is 50.1 Å². The Bertz CT molecular complexity index is 322. The van der Waals surface area contributed by atoms with Gasteiger partial charge in [0.05, 0.1) is 11.6 Å². The second kappa shape index (κ2) is 4.84. The summed E-state index contributed by atoms with van der Waals surface area (Å²) in [6.07, 6.45) is -2.49. The zero-order chi connectivity index (χ0) is 10.0. The van der Waals surface area contributed by atoms with Crippen LogP contribution in [0.1, 0.15) is 17.7 Å². The molecule has 13 heavy (non-hydrogen) atoms. The van der Waals surface area contributed by atoms with Gasteiger partial charge in [0.25, 0.3) is 6.43 Å². The molecule has 0 aliphatic rings. The molecular weight excluding hydrogens is 378 g/mol. The largest absolute Gasteiger partial charge is 0.265 e. The summed E-state index contributed by atoms with van der Waals surface area (Å²) in [6.45, 7) is 0. The minimum absolute atomic E-state index is 0.0295. The second-order valence-electron chi connectivity index (χ2n) is 2.23. The van der Waals surface area contributed by atoms with E-state index in [1.165, 1.54) is 6.07 Å². The minimum atomic E-state index is -2.49. The molecule has 1 aromatic heterocycles. The first-order valence-electron chi connectivity index (χ1n) is 3.25. The minimum Gasteiger partial charge on any atom is -0.244 e. The van der Waals surface area contributed by atoms with Crippen molar-refractivity contribution in [3.05, 3.63) is 25.5 Å². The van der Waals surface area contributed by atoms with Crippen LogP contribution < -0.4 is 0 Å². The Morgan fingerprint density at radius 1 is 1.62 bits per heavy atom. The number of halogens is 5. The Morgan fingerprint density at radius 2 is 2.23 bits per heavy atom. The van der Waals surface area contributed by atoms with Crippen molar-refractivity contribution < 1.29 is 8.78 Å². The fourth-order valence-corrected chi connectivity index (χ4v) is 2.40. The number of pyridine rings is 1. The topological polar surface area (TPSA) is 12.9 Å². The molecule has 0 amide bonds. The molecule has 0 N–H and O–H groups in total. The van der Waals surface area contributed by atoms with Crippen molar-refractivity contribution in [1.29, 1.82) is 0 Å². The zero-order valence-electron chi connectivity index (χ0n) is 6.20. The summed E-state index contributed by atoms with van der Waals surface area (Å²) < 4.78 is 25.7. The molecule has 1 heterocycles. The van der Waals surface area contributed by atoms with Crippen molar-refractivity contribution in [2.24, 2.45) is 0 Å².